The number of aromatic amines is 1. The Labute approximate surface area is 86.4 Å². The van der Waals surface area contributed by atoms with E-state index in [-0.39, 0.29) is 11.4 Å². The van der Waals surface area contributed by atoms with Crippen molar-refractivity contribution in [1.82, 2.24) is 14.6 Å². The minimum Gasteiger partial charge on any atom is -0.493 e. The molecule has 0 aliphatic heterocycles. The van der Waals surface area contributed by atoms with Crippen LogP contribution in [-0.2, 0) is 12.8 Å². The summed E-state index contributed by atoms with van der Waals surface area (Å²) < 4.78 is 1.37. The van der Waals surface area contributed by atoms with Gasteiger partial charge in [-0.05, 0) is 12.8 Å². The smallest absolute Gasteiger partial charge is 0.258 e. The molecular weight excluding hydrogens is 194 g/mol. The lowest BCUT2D eigenvalue weighted by Gasteiger charge is -2.03. The number of nitrogens with zero attached hydrogens (tertiary/aromatic N) is 2. The Bertz CT molecular complexity index is 554. The van der Waals surface area contributed by atoms with Gasteiger partial charge in [-0.2, -0.15) is 9.61 Å². The molecule has 0 spiro atoms. The van der Waals surface area contributed by atoms with Crippen LogP contribution >= 0.6 is 0 Å². The van der Waals surface area contributed by atoms with Crippen LogP contribution in [0.15, 0.2) is 11.0 Å². The number of rotatable bonds is 2. The van der Waals surface area contributed by atoms with Crippen LogP contribution in [0.25, 0.3) is 5.65 Å². The van der Waals surface area contributed by atoms with Gasteiger partial charge in [0.2, 0.25) is 5.88 Å². The summed E-state index contributed by atoms with van der Waals surface area (Å²) in [4.78, 5) is 14.3. The molecule has 2 heterocycles. The second kappa shape index (κ2) is 3.42. The number of hydrogen-bond donors (Lipinski definition) is 2. The van der Waals surface area contributed by atoms with Crippen LogP contribution in [0.1, 0.15) is 25.0 Å². The lowest BCUT2D eigenvalue weighted by atomic mass is 10.2. The molecule has 5 nitrogen and oxygen atoms in total. The molecule has 2 aromatic heterocycles. The van der Waals surface area contributed by atoms with Gasteiger partial charge in [0.1, 0.15) is 5.65 Å². The van der Waals surface area contributed by atoms with Crippen molar-refractivity contribution in [2.75, 3.05) is 0 Å². The van der Waals surface area contributed by atoms with Crippen LogP contribution in [0.4, 0.5) is 0 Å². The second-order valence-electron chi connectivity index (χ2n) is 3.39. The SMILES string of the molecule is CCc1c(O)n2ncc(CC)c2[nH]c1=O. The maximum absolute atomic E-state index is 11.6. The highest BCUT2D eigenvalue weighted by Gasteiger charge is 2.12. The fourth-order valence-electron chi connectivity index (χ4n) is 1.67. The van der Waals surface area contributed by atoms with E-state index in [1.54, 1.807) is 6.20 Å². The first-order chi connectivity index (χ1) is 7.19. The molecule has 0 bridgehead atoms. The number of hydrogen-bond acceptors (Lipinski definition) is 3. The topological polar surface area (TPSA) is 70.4 Å². The van der Waals surface area contributed by atoms with Crippen molar-refractivity contribution in [3.05, 3.63) is 27.7 Å². The summed E-state index contributed by atoms with van der Waals surface area (Å²) in [7, 11) is 0. The highest BCUT2D eigenvalue weighted by Crippen LogP contribution is 2.16. The van der Waals surface area contributed by atoms with E-state index in [1.807, 2.05) is 13.8 Å². The summed E-state index contributed by atoms with van der Waals surface area (Å²) in [6.07, 6.45) is 2.91. The zero-order valence-electron chi connectivity index (χ0n) is 8.74. The average molecular weight is 207 g/mol. The van der Waals surface area contributed by atoms with Gasteiger partial charge >= 0.3 is 0 Å². The van der Waals surface area contributed by atoms with Crippen molar-refractivity contribution < 1.29 is 5.11 Å². The highest BCUT2D eigenvalue weighted by atomic mass is 16.3. The predicted molar refractivity (Wildman–Crippen MR) is 56.2 cm³/mol. The third kappa shape index (κ3) is 1.31. The molecule has 80 valence electrons. The third-order valence-electron chi connectivity index (χ3n) is 2.56. The third-order valence-corrected chi connectivity index (χ3v) is 2.56. The Morgan fingerprint density at radius 2 is 2.20 bits per heavy atom. The van der Waals surface area contributed by atoms with Crippen LogP contribution in [0.5, 0.6) is 5.88 Å². The largest absolute Gasteiger partial charge is 0.493 e. The maximum Gasteiger partial charge on any atom is 0.258 e. The van der Waals surface area contributed by atoms with Gasteiger partial charge in [0.25, 0.3) is 5.56 Å². The molecule has 0 saturated heterocycles. The first-order valence-electron chi connectivity index (χ1n) is 4.99. The molecule has 2 rings (SSSR count). The Balaban J connectivity index is 2.87. The van der Waals surface area contributed by atoms with Gasteiger partial charge in [-0.1, -0.05) is 13.8 Å². The van der Waals surface area contributed by atoms with Crippen LogP contribution in [0, 0.1) is 0 Å². The first kappa shape index (κ1) is 9.76. The molecule has 0 atom stereocenters. The van der Waals surface area contributed by atoms with Gasteiger partial charge in [-0.25, -0.2) is 0 Å². The first-order valence-corrected chi connectivity index (χ1v) is 4.99. The highest BCUT2D eigenvalue weighted by molar-refractivity contribution is 5.49. The quantitative estimate of drug-likeness (QED) is 0.767. The zero-order valence-corrected chi connectivity index (χ0v) is 8.74. The van der Waals surface area contributed by atoms with Crippen molar-refractivity contribution in [1.29, 1.82) is 0 Å². The Hall–Kier alpha value is -1.78. The summed E-state index contributed by atoms with van der Waals surface area (Å²) in [5, 5.41) is 13.9. The van der Waals surface area contributed by atoms with Crippen molar-refractivity contribution in [3.63, 3.8) is 0 Å². The lowest BCUT2D eigenvalue weighted by Crippen LogP contribution is -2.15. The molecule has 5 heteroatoms. The molecule has 0 aliphatic carbocycles. The molecule has 0 radical (unpaired) electrons. The molecule has 15 heavy (non-hydrogen) atoms. The normalized spacial score (nSPS) is 11.1. The molecule has 0 aromatic carbocycles. The molecule has 0 amide bonds. The van der Waals surface area contributed by atoms with E-state index in [9.17, 15) is 9.90 Å². The molecule has 0 saturated carbocycles. The van der Waals surface area contributed by atoms with Crippen molar-refractivity contribution in [2.24, 2.45) is 0 Å². The maximum atomic E-state index is 11.6. The van der Waals surface area contributed by atoms with E-state index in [0.29, 0.717) is 17.6 Å². The van der Waals surface area contributed by atoms with Crippen molar-refractivity contribution in [3.8, 4) is 5.88 Å². The average Bonchev–Trinajstić information content (AvgIpc) is 2.61. The van der Waals surface area contributed by atoms with Gasteiger partial charge in [0, 0.05) is 5.56 Å². The van der Waals surface area contributed by atoms with Gasteiger partial charge in [0.05, 0.1) is 11.8 Å². The molecular formula is C10H13N3O2. The minimum atomic E-state index is -0.238. The molecule has 0 fully saturated rings. The summed E-state index contributed by atoms with van der Waals surface area (Å²) in [5.74, 6) is -0.0593. The molecule has 2 aromatic rings. The van der Waals surface area contributed by atoms with Crippen molar-refractivity contribution in [2.45, 2.75) is 26.7 Å². The Morgan fingerprint density at radius 1 is 1.47 bits per heavy atom. The minimum absolute atomic E-state index is 0.0593. The number of aryl methyl sites for hydroxylation is 1. The molecule has 0 aliphatic rings. The number of aromatic nitrogens is 3. The molecule has 0 unspecified atom stereocenters. The summed E-state index contributed by atoms with van der Waals surface area (Å²) in [6, 6.07) is 0. The summed E-state index contributed by atoms with van der Waals surface area (Å²) in [6.45, 7) is 3.79. The van der Waals surface area contributed by atoms with Gasteiger partial charge < -0.3 is 10.1 Å². The van der Waals surface area contributed by atoms with Crippen LogP contribution in [-0.4, -0.2) is 19.7 Å². The predicted octanol–water partition coefficient (Wildman–Crippen LogP) is 0.853. The zero-order chi connectivity index (χ0) is 11.0. The monoisotopic (exact) mass is 207 g/mol. The molecule has 2 N–H and O–H groups in total. The number of aromatic hydroxyl groups is 1. The van der Waals surface area contributed by atoms with Gasteiger partial charge in [-0.3, -0.25) is 4.79 Å². The number of H-pyrrole nitrogens is 1. The van der Waals surface area contributed by atoms with E-state index in [0.717, 1.165) is 12.0 Å². The standard InChI is InChI=1S/C10H13N3O2/c1-3-6-5-11-13-8(6)12-9(14)7(4-2)10(13)15/h5,15H,3-4H2,1-2H3,(H,12,14). The lowest BCUT2D eigenvalue weighted by molar-refractivity contribution is 0.427. The number of nitrogens with one attached hydrogen (secondary N) is 1. The fraction of sp³-hybridized carbons (Fsp3) is 0.400. The van der Waals surface area contributed by atoms with Crippen LogP contribution in [0.3, 0.4) is 0 Å². The van der Waals surface area contributed by atoms with E-state index >= 15 is 0 Å². The van der Waals surface area contributed by atoms with Crippen molar-refractivity contribution >= 4 is 5.65 Å². The van der Waals surface area contributed by atoms with Crippen LogP contribution < -0.4 is 5.56 Å². The van der Waals surface area contributed by atoms with E-state index in [1.165, 1.54) is 4.52 Å². The number of fused-ring (bicyclic) bond motifs is 1. The van der Waals surface area contributed by atoms with Gasteiger partial charge in [-0.15, -0.1) is 0 Å². The summed E-state index contributed by atoms with van der Waals surface area (Å²) in [5.41, 5.74) is 1.63. The van der Waals surface area contributed by atoms with E-state index < -0.39 is 0 Å². The van der Waals surface area contributed by atoms with E-state index in [2.05, 4.69) is 10.1 Å². The van der Waals surface area contributed by atoms with Crippen LogP contribution in [0.2, 0.25) is 0 Å². The van der Waals surface area contributed by atoms with E-state index in [4.69, 9.17) is 0 Å². The Morgan fingerprint density at radius 3 is 2.80 bits per heavy atom. The second-order valence-corrected chi connectivity index (χ2v) is 3.39. The Kier molecular flexibility index (Phi) is 2.22. The summed E-state index contributed by atoms with van der Waals surface area (Å²) >= 11 is 0. The van der Waals surface area contributed by atoms with Gasteiger partial charge in [0.15, 0.2) is 0 Å². The fourth-order valence-corrected chi connectivity index (χ4v) is 1.67.